The molecule has 44 heavy (non-hydrogen) atoms. The van der Waals surface area contributed by atoms with E-state index in [1.807, 2.05) is 84.9 Å². The molecule has 5 nitrogen and oxygen atoms in total. The number of rotatable bonds is 5. The average Bonchev–Trinajstić information content (AvgIpc) is 3.45. The molecule has 214 valence electrons. The summed E-state index contributed by atoms with van der Waals surface area (Å²) in [5.41, 5.74) is 6.63. The van der Waals surface area contributed by atoms with Gasteiger partial charge < -0.3 is 9.32 Å². The molecular weight excluding hydrogens is 563 g/mol. The molecule has 0 unspecified atom stereocenters. The molecule has 0 amide bonds. The molecule has 4 aromatic carbocycles. The Morgan fingerprint density at radius 2 is 1.55 bits per heavy atom. The number of nitriles is 1. The molecule has 7 rings (SSSR count). The van der Waals surface area contributed by atoms with Gasteiger partial charge in [-0.05, 0) is 84.0 Å². The molecule has 2 aromatic heterocycles. The Morgan fingerprint density at radius 3 is 2.23 bits per heavy atom. The molecule has 2 heterocycles. The molecule has 0 spiro atoms. The molecule has 0 radical (unpaired) electrons. The van der Waals surface area contributed by atoms with Gasteiger partial charge in [-0.15, -0.1) is 11.3 Å². The Bertz CT molecular complexity index is 2110. The minimum atomic E-state index is -0.387. The summed E-state index contributed by atoms with van der Waals surface area (Å²) in [5, 5.41) is 11.8. The van der Waals surface area contributed by atoms with Crippen LogP contribution in [0.25, 0.3) is 32.3 Å². The summed E-state index contributed by atoms with van der Waals surface area (Å²) in [5.74, 6) is 0. The number of fused-ring (bicyclic) bond motifs is 2. The van der Waals surface area contributed by atoms with Crippen LogP contribution in [0.3, 0.4) is 0 Å². The lowest BCUT2D eigenvalue weighted by Gasteiger charge is -2.31. The lowest BCUT2D eigenvalue weighted by atomic mass is 9.73. The number of anilines is 3. The fourth-order valence-corrected chi connectivity index (χ4v) is 7.04. The van der Waals surface area contributed by atoms with E-state index >= 15 is 0 Å². The highest BCUT2D eigenvalue weighted by Gasteiger charge is 2.30. The van der Waals surface area contributed by atoms with Crippen LogP contribution in [0.1, 0.15) is 37.3 Å². The van der Waals surface area contributed by atoms with Gasteiger partial charge in [-0.25, -0.2) is 9.78 Å². The van der Waals surface area contributed by atoms with Gasteiger partial charge in [0.15, 0.2) is 0 Å². The maximum absolute atomic E-state index is 13.6. The SMILES string of the molecule is CC1(C)CC(c2cc3ccc(N(c4ccccc4)c4ccccc4)cc3oc2=O)=CC(=C(C#N)c2nc3ccccc3s2)C1. The van der Waals surface area contributed by atoms with Gasteiger partial charge in [-0.2, -0.15) is 5.26 Å². The molecule has 0 fully saturated rings. The number of aromatic nitrogens is 1. The molecule has 0 bridgehead atoms. The highest BCUT2D eigenvalue weighted by molar-refractivity contribution is 7.19. The minimum absolute atomic E-state index is 0.157. The second kappa shape index (κ2) is 11.1. The van der Waals surface area contributed by atoms with Gasteiger partial charge in [0.25, 0.3) is 0 Å². The van der Waals surface area contributed by atoms with Crippen molar-refractivity contribution in [1.82, 2.24) is 4.98 Å². The highest BCUT2D eigenvalue weighted by Crippen LogP contribution is 2.44. The van der Waals surface area contributed by atoms with Crippen molar-refractivity contribution in [2.45, 2.75) is 26.7 Å². The van der Waals surface area contributed by atoms with Crippen molar-refractivity contribution in [3.05, 3.63) is 142 Å². The topological polar surface area (TPSA) is 70.1 Å². The molecule has 0 aliphatic heterocycles. The Hall–Kier alpha value is -5.25. The maximum Gasteiger partial charge on any atom is 0.343 e. The van der Waals surface area contributed by atoms with Crippen LogP contribution in [-0.4, -0.2) is 4.98 Å². The van der Waals surface area contributed by atoms with E-state index in [1.165, 1.54) is 11.3 Å². The number of para-hydroxylation sites is 3. The van der Waals surface area contributed by atoms with E-state index in [-0.39, 0.29) is 11.0 Å². The lowest BCUT2D eigenvalue weighted by molar-refractivity contribution is 0.369. The van der Waals surface area contributed by atoms with E-state index in [0.717, 1.165) is 43.8 Å². The largest absolute Gasteiger partial charge is 0.422 e. The molecule has 0 saturated carbocycles. The predicted octanol–water partition coefficient (Wildman–Crippen LogP) is 10.1. The average molecular weight is 592 g/mol. The predicted molar refractivity (Wildman–Crippen MR) is 180 cm³/mol. The Balaban J connectivity index is 1.32. The number of hydrogen-bond donors (Lipinski definition) is 0. The van der Waals surface area contributed by atoms with Gasteiger partial charge >= 0.3 is 5.63 Å². The fourth-order valence-electron chi connectivity index (χ4n) is 6.04. The first kappa shape index (κ1) is 27.6. The summed E-state index contributed by atoms with van der Waals surface area (Å²) < 4.78 is 7.05. The van der Waals surface area contributed by atoms with Crippen LogP contribution in [0, 0.1) is 16.7 Å². The number of thiazole rings is 1. The first-order chi connectivity index (χ1) is 21.4. The van der Waals surface area contributed by atoms with Crippen LogP contribution < -0.4 is 10.5 Å². The lowest BCUT2D eigenvalue weighted by Crippen LogP contribution is -2.20. The van der Waals surface area contributed by atoms with Crippen molar-refractivity contribution < 1.29 is 4.42 Å². The summed E-state index contributed by atoms with van der Waals surface area (Å²) in [6.45, 7) is 4.34. The number of benzene rings is 4. The summed E-state index contributed by atoms with van der Waals surface area (Å²) in [7, 11) is 0. The highest BCUT2D eigenvalue weighted by atomic mass is 32.1. The van der Waals surface area contributed by atoms with Crippen molar-refractivity contribution in [1.29, 1.82) is 5.26 Å². The van der Waals surface area contributed by atoms with E-state index in [0.29, 0.717) is 34.6 Å². The number of nitrogens with zero attached hydrogens (tertiary/aromatic N) is 3. The van der Waals surface area contributed by atoms with Gasteiger partial charge in [0.2, 0.25) is 0 Å². The summed E-state index contributed by atoms with van der Waals surface area (Å²) in [6.07, 6.45) is 3.42. The zero-order valence-electron chi connectivity index (χ0n) is 24.5. The zero-order valence-corrected chi connectivity index (χ0v) is 25.3. The van der Waals surface area contributed by atoms with Crippen molar-refractivity contribution in [3.63, 3.8) is 0 Å². The van der Waals surface area contributed by atoms with E-state index in [1.54, 1.807) is 0 Å². The quantitative estimate of drug-likeness (QED) is 0.147. The smallest absolute Gasteiger partial charge is 0.343 e. The Kier molecular flexibility index (Phi) is 6.96. The molecule has 0 saturated heterocycles. The van der Waals surface area contributed by atoms with Gasteiger partial charge in [0.1, 0.15) is 16.7 Å². The van der Waals surface area contributed by atoms with Crippen LogP contribution in [-0.2, 0) is 0 Å². The number of allylic oxidation sites excluding steroid dienone is 4. The van der Waals surface area contributed by atoms with E-state index in [2.05, 4.69) is 55.1 Å². The fraction of sp³-hybridized carbons (Fsp3) is 0.132. The minimum Gasteiger partial charge on any atom is -0.422 e. The van der Waals surface area contributed by atoms with Crippen LogP contribution in [0.2, 0.25) is 0 Å². The standard InChI is InChI=1S/C38H29N3O2S/c1-38(2)22-26(19-27(23-38)32(24-39)36-40-33-15-9-10-16-35(33)44-36)31-20-25-17-18-30(21-34(25)43-37(31)42)41(28-11-5-3-6-12-28)29-13-7-4-8-14-29/h3-21H,22-23H2,1-2H3. The van der Waals surface area contributed by atoms with Gasteiger partial charge in [0.05, 0.1) is 21.4 Å². The van der Waals surface area contributed by atoms with Gasteiger partial charge in [-0.1, -0.05) is 68.5 Å². The summed E-state index contributed by atoms with van der Waals surface area (Å²) >= 11 is 1.52. The van der Waals surface area contributed by atoms with Crippen molar-refractivity contribution in [2.75, 3.05) is 4.90 Å². The Morgan fingerprint density at radius 1 is 0.864 bits per heavy atom. The van der Waals surface area contributed by atoms with Crippen LogP contribution in [0.15, 0.2) is 130 Å². The summed E-state index contributed by atoms with van der Waals surface area (Å²) in [6, 6.07) is 38.5. The molecule has 0 N–H and O–H groups in total. The van der Waals surface area contributed by atoms with Crippen LogP contribution >= 0.6 is 11.3 Å². The first-order valence-electron chi connectivity index (χ1n) is 14.6. The zero-order chi connectivity index (χ0) is 30.3. The molecule has 1 aliphatic carbocycles. The second-order valence-corrected chi connectivity index (χ2v) is 12.9. The molecule has 1 aliphatic rings. The van der Waals surface area contributed by atoms with Gasteiger partial charge in [0, 0.05) is 28.5 Å². The molecule has 6 aromatic rings. The van der Waals surface area contributed by atoms with Gasteiger partial charge in [-0.3, -0.25) is 0 Å². The van der Waals surface area contributed by atoms with Crippen LogP contribution in [0.5, 0.6) is 0 Å². The molecule has 0 atom stereocenters. The third-order valence-corrected chi connectivity index (χ3v) is 9.03. The van der Waals surface area contributed by atoms with E-state index < -0.39 is 0 Å². The summed E-state index contributed by atoms with van der Waals surface area (Å²) in [4.78, 5) is 20.5. The first-order valence-corrected chi connectivity index (χ1v) is 15.4. The Labute approximate surface area is 259 Å². The third kappa shape index (κ3) is 5.23. The third-order valence-electron chi connectivity index (χ3n) is 7.98. The second-order valence-electron chi connectivity index (χ2n) is 11.9. The van der Waals surface area contributed by atoms with Crippen molar-refractivity contribution >= 4 is 60.7 Å². The number of hydrogen-bond acceptors (Lipinski definition) is 6. The van der Waals surface area contributed by atoms with Crippen LogP contribution in [0.4, 0.5) is 17.1 Å². The van der Waals surface area contributed by atoms with Crippen molar-refractivity contribution in [3.8, 4) is 6.07 Å². The maximum atomic E-state index is 13.6. The monoisotopic (exact) mass is 591 g/mol. The normalized spacial score (nSPS) is 15.5. The molecule has 6 heteroatoms. The van der Waals surface area contributed by atoms with Crippen molar-refractivity contribution in [2.24, 2.45) is 5.41 Å². The molecular formula is C38H29N3O2S. The van der Waals surface area contributed by atoms with E-state index in [9.17, 15) is 10.1 Å². The van der Waals surface area contributed by atoms with E-state index in [4.69, 9.17) is 9.40 Å².